The molecule has 0 aromatic heterocycles. The van der Waals surface area contributed by atoms with Crippen molar-refractivity contribution in [1.82, 2.24) is 15.4 Å². The highest BCUT2D eigenvalue weighted by atomic mass is 32.2. The Labute approximate surface area is 164 Å². The molecule has 2 rings (SSSR count). The Morgan fingerprint density at radius 3 is 2.44 bits per heavy atom. The molecule has 1 aromatic rings. The summed E-state index contributed by atoms with van der Waals surface area (Å²) in [4.78, 5) is 4.71. The first-order chi connectivity index (χ1) is 12.9. The summed E-state index contributed by atoms with van der Waals surface area (Å²) in [5, 5.41) is 6.83. The third-order valence-electron chi connectivity index (χ3n) is 4.58. The molecule has 0 aliphatic heterocycles. The van der Waals surface area contributed by atoms with Gasteiger partial charge >= 0.3 is 0 Å². The average molecular weight is 395 g/mol. The molecule has 152 valence electrons. The van der Waals surface area contributed by atoms with Gasteiger partial charge in [-0.25, -0.2) is 18.1 Å². The third kappa shape index (κ3) is 7.89. The SMILES string of the molecule is CCNC(=NCc1ccccc1CS(=O)(=O)NC(C)C)NC1CCCCC1. The van der Waals surface area contributed by atoms with Gasteiger partial charge in [0.25, 0.3) is 0 Å². The van der Waals surface area contributed by atoms with E-state index in [9.17, 15) is 8.42 Å². The highest BCUT2D eigenvalue weighted by Crippen LogP contribution is 2.17. The van der Waals surface area contributed by atoms with Gasteiger partial charge in [0.2, 0.25) is 10.0 Å². The standard InChI is InChI=1S/C20H34N4O2S/c1-4-21-20(23-19-12-6-5-7-13-19)22-14-17-10-8-9-11-18(17)15-27(25,26)24-16(2)3/h8-11,16,19,24H,4-7,12-15H2,1-3H3,(H2,21,22,23). The highest BCUT2D eigenvalue weighted by Gasteiger charge is 2.16. The molecule has 1 saturated carbocycles. The van der Waals surface area contributed by atoms with Crippen LogP contribution in [0.4, 0.5) is 0 Å². The Morgan fingerprint density at radius 2 is 1.81 bits per heavy atom. The lowest BCUT2D eigenvalue weighted by atomic mass is 9.96. The topological polar surface area (TPSA) is 82.6 Å². The number of nitrogens with zero attached hydrogens (tertiary/aromatic N) is 1. The largest absolute Gasteiger partial charge is 0.357 e. The number of benzene rings is 1. The van der Waals surface area contributed by atoms with Crippen LogP contribution in [0, 0.1) is 0 Å². The maximum absolute atomic E-state index is 12.3. The maximum atomic E-state index is 12.3. The zero-order chi connectivity index (χ0) is 19.7. The Bertz CT molecular complexity index is 710. The Balaban J connectivity index is 2.08. The molecule has 3 N–H and O–H groups in total. The van der Waals surface area contributed by atoms with Gasteiger partial charge in [0.1, 0.15) is 0 Å². The molecular formula is C20H34N4O2S. The van der Waals surface area contributed by atoms with Crippen molar-refractivity contribution >= 4 is 16.0 Å². The van der Waals surface area contributed by atoms with Gasteiger partial charge < -0.3 is 10.6 Å². The predicted molar refractivity (Wildman–Crippen MR) is 112 cm³/mol. The van der Waals surface area contributed by atoms with E-state index in [-0.39, 0.29) is 11.8 Å². The molecule has 0 amide bonds. The minimum Gasteiger partial charge on any atom is -0.357 e. The zero-order valence-electron chi connectivity index (χ0n) is 16.8. The molecule has 0 saturated heterocycles. The third-order valence-corrected chi connectivity index (χ3v) is 6.10. The van der Waals surface area contributed by atoms with Crippen LogP contribution in [0.2, 0.25) is 0 Å². The first kappa shape index (κ1) is 21.7. The van der Waals surface area contributed by atoms with Gasteiger partial charge in [0, 0.05) is 18.6 Å². The van der Waals surface area contributed by atoms with Gasteiger partial charge in [-0.1, -0.05) is 43.5 Å². The van der Waals surface area contributed by atoms with Crippen LogP contribution in [0.25, 0.3) is 0 Å². The normalized spacial score (nSPS) is 16.5. The first-order valence-corrected chi connectivity index (χ1v) is 11.7. The van der Waals surface area contributed by atoms with Gasteiger partial charge in [0.15, 0.2) is 5.96 Å². The van der Waals surface area contributed by atoms with E-state index in [1.54, 1.807) is 0 Å². The van der Waals surface area contributed by atoms with Crippen LogP contribution in [0.5, 0.6) is 0 Å². The van der Waals surface area contributed by atoms with Crippen molar-refractivity contribution in [3.8, 4) is 0 Å². The number of guanidine groups is 1. The van der Waals surface area contributed by atoms with Crippen LogP contribution in [-0.2, 0) is 22.3 Å². The number of sulfonamides is 1. The van der Waals surface area contributed by atoms with Crippen molar-refractivity contribution in [3.63, 3.8) is 0 Å². The Morgan fingerprint density at radius 1 is 1.15 bits per heavy atom. The quantitative estimate of drug-likeness (QED) is 0.468. The van der Waals surface area contributed by atoms with Crippen molar-refractivity contribution < 1.29 is 8.42 Å². The number of rotatable bonds is 8. The van der Waals surface area contributed by atoms with Crippen molar-refractivity contribution in [2.75, 3.05) is 6.54 Å². The second-order valence-corrected chi connectivity index (χ2v) is 9.23. The molecule has 0 heterocycles. The van der Waals surface area contributed by atoms with E-state index in [1.807, 2.05) is 38.1 Å². The van der Waals surface area contributed by atoms with Crippen LogP contribution in [-0.4, -0.2) is 33.0 Å². The van der Waals surface area contributed by atoms with Gasteiger partial charge in [-0.2, -0.15) is 0 Å². The minimum absolute atomic E-state index is 0.0243. The molecule has 0 spiro atoms. The van der Waals surface area contributed by atoms with Gasteiger partial charge in [-0.05, 0) is 44.7 Å². The molecule has 1 aromatic carbocycles. The van der Waals surface area contributed by atoms with E-state index < -0.39 is 10.0 Å². The Kier molecular flexibility index (Phi) is 8.57. The molecule has 27 heavy (non-hydrogen) atoms. The second kappa shape index (κ2) is 10.7. The van der Waals surface area contributed by atoms with E-state index in [0.29, 0.717) is 12.6 Å². The number of nitrogens with one attached hydrogen (secondary N) is 3. The van der Waals surface area contributed by atoms with Crippen LogP contribution < -0.4 is 15.4 Å². The Hall–Kier alpha value is -1.60. The van der Waals surface area contributed by atoms with Gasteiger partial charge in [0.05, 0.1) is 12.3 Å². The average Bonchev–Trinajstić information content (AvgIpc) is 2.60. The summed E-state index contributed by atoms with van der Waals surface area (Å²) in [7, 11) is -3.36. The van der Waals surface area contributed by atoms with Crippen molar-refractivity contribution in [3.05, 3.63) is 35.4 Å². The molecule has 1 aliphatic carbocycles. The minimum atomic E-state index is -3.36. The fraction of sp³-hybridized carbons (Fsp3) is 0.650. The van der Waals surface area contributed by atoms with Crippen LogP contribution >= 0.6 is 0 Å². The van der Waals surface area contributed by atoms with E-state index in [1.165, 1.54) is 32.1 Å². The summed E-state index contributed by atoms with van der Waals surface area (Å²) < 4.78 is 27.2. The lowest BCUT2D eigenvalue weighted by molar-refractivity contribution is 0.410. The van der Waals surface area contributed by atoms with Crippen LogP contribution in [0.1, 0.15) is 64.0 Å². The fourth-order valence-corrected chi connectivity index (χ4v) is 4.88. The van der Waals surface area contributed by atoms with Gasteiger partial charge in [-0.15, -0.1) is 0 Å². The molecule has 0 atom stereocenters. The maximum Gasteiger partial charge on any atom is 0.216 e. The fourth-order valence-electron chi connectivity index (χ4n) is 3.38. The van der Waals surface area contributed by atoms with Crippen molar-refractivity contribution in [1.29, 1.82) is 0 Å². The summed E-state index contributed by atoms with van der Waals surface area (Å²) >= 11 is 0. The molecule has 1 aliphatic rings. The second-order valence-electron chi connectivity index (χ2n) is 7.47. The van der Waals surface area contributed by atoms with E-state index in [0.717, 1.165) is 23.6 Å². The number of aliphatic imine (C=N–C) groups is 1. The summed E-state index contributed by atoms with van der Waals surface area (Å²) in [5.74, 6) is 0.783. The molecule has 0 bridgehead atoms. The summed E-state index contributed by atoms with van der Waals surface area (Å²) in [6.07, 6.45) is 6.21. The van der Waals surface area contributed by atoms with E-state index in [4.69, 9.17) is 4.99 Å². The summed E-state index contributed by atoms with van der Waals surface area (Å²) in [5.41, 5.74) is 1.73. The molecule has 0 unspecified atom stereocenters. The van der Waals surface area contributed by atoms with Crippen LogP contribution in [0.15, 0.2) is 29.3 Å². The van der Waals surface area contributed by atoms with Crippen LogP contribution in [0.3, 0.4) is 0 Å². The molecule has 6 nitrogen and oxygen atoms in total. The van der Waals surface area contributed by atoms with Crippen molar-refractivity contribution in [2.45, 2.75) is 77.3 Å². The van der Waals surface area contributed by atoms with Gasteiger partial charge in [-0.3, -0.25) is 0 Å². The monoisotopic (exact) mass is 394 g/mol. The smallest absolute Gasteiger partial charge is 0.216 e. The van der Waals surface area contributed by atoms with E-state index in [2.05, 4.69) is 22.3 Å². The summed E-state index contributed by atoms with van der Waals surface area (Å²) in [6.45, 7) is 6.96. The molecule has 1 fully saturated rings. The zero-order valence-corrected chi connectivity index (χ0v) is 17.6. The lowest BCUT2D eigenvalue weighted by Crippen LogP contribution is -2.44. The first-order valence-electron chi connectivity index (χ1n) is 10.0. The lowest BCUT2D eigenvalue weighted by Gasteiger charge is -2.25. The predicted octanol–water partition coefficient (Wildman–Crippen LogP) is 2.90. The number of hydrogen-bond acceptors (Lipinski definition) is 3. The molecule has 7 heteroatoms. The number of hydrogen-bond donors (Lipinski definition) is 3. The summed E-state index contributed by atoms with van der Waals surface area (Å²) in [6, 6.07) is 7.99. The molecular weight excluding hydrogens is 360 g/mol. The van der Waals surface area contributed by atoms with E-state index >= 15 is 0 Å². The highest BCUT2D eigenvalue weighted by molar-refractivity contribution is 7.88. The van der Waals surface area contributed by atoms with Crippen molar-refractivity contribution in [2.24, 2.45) is 4.99 Å². The molecule has 0 radical (unpaired) electrons.